The molecule has 3 aromatic rings. The Balaban J connectivity index is 0.00000141. The minimum Gasteiger partial charge on any atom is -0.493 e. The van der Waals surface area contributed by atoms with E-state index >= 15 is 0 Å². The van der Waals surface area contributed by atoms with E-state index in [1.165, 1.54) is 17.7 Å². The number of benzene rings is 1. The van der Waals surface area contributed by atoms with Crippen molar-refractivity contribution in [2.24, 2.45) is 5.92 Å². The summed E-state index contributed by atoms with van der Waals surface area (Å²) >= 11 is 1.32. The molecule has 0 spiro atoms. The molecule has 14 nitrogen and oxygen atoms in total. The summed E-state index contributed by atoms with van der Waals surface area (Å²) in [5.74, 6) is 0.341. The zero-order chi connectivity index (χ0) is 31.5. The van der Waals surface area contributed by atoms with Crippen molar-refractivity contribution in [1.82, 2.24) is 34.9 Å². The lowest BCUT2D eigenvalue weighted by Crippen LogP contribution is -2.39. The second-order valence-electron chi connectivity index (χ2n) is 10.3. The lowest BCUT2D eigenvalue weighted by molar-refractivity contribution is -0.131. The second kappa shape index (κ2) is 15.8. The summed E-state index contributed by atoms with van der Waals surface area (Å²) < 4.78 is 13.4. The van der Waals surface area contributed by atoms with Crippen molar-refractivity contribution in [1.29, 1.82) is 0 Å². The molecule has 1 fully saturated rings. The highest BCUT2D eigenvalue weighted by Crippen LogP contribution is 2.38. The quantitative estimate of drug-likeness (QED) is 0.385. The van der Waals surface area contributed by atoms with Gasteiger partial charge >= 0.3 is 0 Å². The fraction of sp³-hybridized carbons (Fsp3) is 0.483. The van der Waals surface area contributed by atoms with Crippen LogP contribution in [0.1, 0.15) is 46.1 Å². The average molecular weight is 628 g/mol. The Morgan fingerprint density at radius 3 is 2.73 bits per heavy atom. The van der Waals surface area contributed by atoms with E-state index in [4.69, 9.17) is 19.4 Å². The van der Waals surface area contributed by atoms with Gasteiger partial charge in [-0.1, -0.05) is 6.07 Å². The summed E-state index contributed by atoms with van der Waals surface area (Å²) in [6.07, 6.45) is 4.69. The first-order valence-corrected chi connectivity index (χ1v) is 15.2. The van der Waals surface area contributed by atoms with Crippen LogP contribution < -0.4 is 14.8 Å². The first-order valence-electron chi connectivity index (χ1n) is 14.3. The highest BCUT2D eigenvalue weighted by Gasteiger charge is 2.40. The molecule has 2 bridgehead atoms. The van der Waals surface area contributed by atoms with Gasteiger partial charge in [-0.25, -0.2) is 9.97 Å². The van der Waals surface area contributed by atoms with Crippen molar-refractivity contribution in [3.05, 3.63) is 52.5 Å². The highest BCUT2D eigenvalue weighted by molar-refractivity contribution is 7.11. The molecule has 0 radical (unpaired) electrons. The third-order valence-electron chi connectivity index (χ3n) is 7.62. The summed E-state index contributed by atoms with van der Waals surface area (Å²) in [6, 6.07) is 5.66. The number of carboxylic acid groups (broad SMARTS) is 1. The number of carbonyl (C=O) groups is 4. The number of nitrogens with one attached hydrogen (secondary N) is 1. The lowest BCUT2D eigenvalue weighted by atomic mass is 9.88. The molecule has 5 rings (SSSR count). The Hall–Kier alpha value is -4.53. The van der Waals surface area contributed by atoms with Crippen molar-refractivity contribution in [3.63, 3.8) is 0 Å². The normalized spacial score (nSPS) is 18.5. The molecule has 2 atom stereocenters. The third kappa shape index (κ3) is 8.09. The highest BCUT2D eigenvalue weighted by atomic mass is 32.1. The molecule has 15 heteroatoms. The van der Waals surface area contributed by atoms with Crippen molar-refractivity contribution < 1.29 is 33.8 Å². The molecule has 4 heterocycles. The summed E-state index contributed by atoms with van der Waals surface area (Å²) in [6.45, 7) is 4.51. The van der Waals surface area contributed by atoms with Gasteiger partial charge in [0.2, 0.25) is 11.8 Å². The maximum atomic E-state index is 13.5. The second-order valence-corrected chi connectivity index (χ2v) is 11.2. The van der Waals surface area contributed by atoms with Crippen LogP contribution in [-0.4, -0.2) is 105 Å². The molecule has 2 aliphatic heterocycles. The number of ether oxygens (including phenoxy) is 2. The standard InChI is InChI=1S/C28H35N7O5S.CH2O2/c1-19-26(41-18-31-19)28(38)33-9-4-8-30-27(37)22-15-34(25(36)5-3-10-35-17-29-16-32-35)14-21(22)20-6-7-23(39-2)24(13-20)40-12-11-33;2-1-3/h6-7,13,16-18,21-22H,3-5,8-12,14-15H2,1-2H3,(H,30,37);1H,(H,2,3)/t21-,22+;/m1./s1. The summed E-state index contributed by atoms with van der Waals surface area (Å²) in [5, 5.41) is 14.0. The fourth-order valence-corrected chi connectivity index (χ4v) is 6.16. The molecule has 0 unspecified atom stereocenters. The predicted octanol–water partition coefficient (Wildman–Crippen LogP) is 1.82. The van der Waals surface area contributed by atoms with E-state index in [-0.39, 0.29) is 36.7 Å². The van der Waals surface area contributed by atoms with E-state index in [0.717, 1.165) is 5.56 Å². The zero-order valence-electron chi connectivity index (χ0n) is 24.8. The van der Waals surface area contributed by atoms with Crippen LogP contribution in [0.4, 0.5) is 0 Å². The summed E-state index contributed by atoms with van der Waals surface area (Å²) in [7, 11) is 1.58. The number of hydrogen-bond acceptors (Lipinski definition) is 10. The van der Waals surface area contributed by atoms with Gasteiger partial charge in [0.25, 0.3) is 12.4 Å². The van der Waals surface area contributed by atoms with Crippen LogP contribution in [-0.2, 0) is 20.9 Å². The van der Waals surface area contributed by atoms with Crippen molar-refractivity contribution in [3.8, 4) is 11.5 Å². The Kier molecular flexibility index (Phi) is 11.6. The zero-order valence-corrected chi connectivity index (χ0v) is 25.6. The minimum absolute atomic E-state index is 0.0147. The number of aryl methyl sites for hydroxylation is 2. The van der Waals surface area contributed by atoms with E-state index in [2.05, 4.69) is 20.4 Å². The molecule has 236 valence electrons. The number of thiazole rings is 1. The van der Waals surface area contributed by atoms with E-state index in [0.29, 0.717) is 80.6 Å². The number of rotatable bonds is 6. The smallest absolute Gasteiger partial charge is 0.290 e. The van der Waals surface area contributed by atoms with Gasteiger partial charge in [-0.15, -0.1) is 11.3 Å². The predicted molar refractivity (Wildman–Crippen MR) is 160 cm³/mol. The first-order chi connectivity index (χ1) is 21.4. The lowest BCUT2D eigenvalue weighted by Gasteiger charge is -2.25. The first kappa shape index (κ1) is 32.4. The fourth-order valence-electron chi connectivity index (χ4n) is 5.39. The maximum Gasteiger partial charge on any atom is 0.290 e. The van der Waals surface area contributed by atoms with Crippen LogP contribution in [0.5, 0.6) is 11.5 Å². The van der Waals surface area contributed by atoms with Gasteiger partial charge in [0.05, 0.1) is 30.8 Å². The Morgan fingerprint density at radius 2 is 2.02 bits per heavy atom. The number of likely N-dealkylation sites (tertiary alicyclic amines) is 1. The molecule has 1 aromatic carbocycles. The SMILES string of the molecule is COc1ccc2cc1OCCN(C(=O)c1scnc1C)CCCNC(=O)[C@H]1CN(C(=O)CCCn3cncn3)C[C@H]21.O=CO. The van der Waals surface area contributed by atoms with Gasteiger partial charge in [0.1, 0.15) is 24.1 Å². The molecule has 0 aliphatic carbocycles. The Labute approximate surface area is 259 Å². The third-order valence-corrected chi connectivity index (χ3v) is 8.54. The van der Waals surface area contributed by atoms with Crippen LogP contribution in [0.25, 0.3) is 0 Å². The maximum absolute atomic E-state index is 13.5. The minimum atomic E-state index is -0.406. The van der Waals surface area contributed by atoms with Gasteiger partial charge in [-0.05, 0) is 37.5 Å². The van der Waals surface area contributed by atoms with Crippen molar-refractivity contribution in [2.75, 3.05) is 46.4 Å². The number of methoxy groups -OCH3 is 1. The van der Waals surface area contributed by atoms with E-state index < -0.39 is 5.92 Å². The van der Waals surface area contributed by atoms with Crippen LogP contribution >= 0.6 is 11.3 Å². The van der Waals surface area contributed by atoms with Crippen molar-refractivity contribution >= 4 is 35.5 Å². The topological polar surface area (TPSA) is 169 Å². The number of carbonyl (C=O) groups excluding carboxylic acids is 3. The summed E-state index contributed by atoms with van der Waals surface area (Å²) in [4.78, 5) is 60.5. The van der Waals surface area contributed by atoms with E-state index in [1.54, 1.807) is 33.4 Å². The van der Waals surface area contributed by atoms with Crippen LogP contribution in [0.15, 0.2) is 36.4 Å². The number of aromatic nitrogens is 4. The molecule has 0 saturated carbocycles. The van der Waals surface area contributed by atoms with Gasteiger partial charge in [0, 0.05) is 45.1 Å². The monoisotopic (exact) mass is 627 g/mol. The number of fused-ring (bicyclic) bond motifs is 4. The number of nitrogens with zero attached hydrogens (tertiary/aromatic N) is 6. The Bertz CT molecular complexity index is 1410. The Morgan fingerprint density at radius 1 is 1.23 bits per heavy atom. The van der Waals surface area contributed by atoms with Gasteiger partial charge in [-0.2, -0.15) is 5.10 Å². The van der Waals surface area contributed by atoms with Crippen LogP contribution in [0.2, 0.25) is 0 Å². The number of amides is 3. The van der Waals surface area contributed by atoms with Crippen molar-refractivity contribution in [2.45, 2.75) is 38.6 Å². The molecular formula is C29H37N7O7S. The molecule has 3 amide bonds. The van der Waals surface area contributed by atoms with E-state index in [9.17, 15) is 14.4 Å². The average Bonchev–Trinajstić information content (AvgIpc) is 3.79. The van der Waals surface area contributed by atoms with Gasteiger partial charge < -0.3 is 29.7 Å². The molecular weight excluding hydrogens is 590 g/mol. The largest absolute Gasteiger partial charge is 0.493 e. The van der Waals surface area contributed by atoms with Gasteiger partial charge in [0.15, 0.2) is 11.5 Å². The number of hydrogen-bond donors (Lipinski definition) is 2. The molecule has 1 saturated heterocycles. The molecule has 2 N–H and O–H groups in total. The molecule has 44 heavy (non-hydrogen) atoms. The van der Waals surface area contributed by atoms with Crippen LogP contribution in [0, 0.1) is 12.8 Å². The summed E-state index contributed by atoms with van der Waals surface area (Å²) in [5.41, 5.74) is 3.28. The van der Waals surface area contributed by atoms with Gasteiger partial charge in [-0.3, -0.25) is 23.9 Å². The van der Waals surface area contributed by atoms with Crippen LogP contribution in [0.3, 0.4) is 0 Å². The molecule has 2 aromatic heterocycles. The van der Waals surface area contributed by atoms with E-state index in [1.807, 2.05) is 25.1 Å². The molecule has 2 aliphatic rings.